The van der Waals surface area contributed by atoms with Gasteiger partial charge in [0.15, 0.2) is 5.65 Å². The van der Waals surface area contributed by atoms with E-state index in [-0.39, 0.29) is 5.41 Å². The first-order chi connectivity index (χ1) is 9.04. The zero-order valence-corrected chi connectivity index (χ0v) is 11.5. The fourth-order valence-corrected chi connectivity index (χ4v) is 2.38. The molecule has 0 radical (unpaired) electrons. The lowest BCUT2D eigenvalue weighted by Crippen LogP contribution is -2.10. The van der Waals surface area contributed by atoms with Gasteiger partial charge in [-0.2, -0.15) is 5.26 Å². The normalized spacial score (nSPS) is 16.8. The molecule has 0 N–H and O–H groups in total. The molecule has 98 valence electrons. The average Bonchev–Trinajstić information content (AvgIpc) is 3.05. The molecule has 2 aromatic heterocycles. The maximum Gasteiger partial charge on any atom is 0.163 e. The van der Waals surface area contributed by atoms with Gasteiger partial charge in [0.2, 0.25) is 0 Å². The third-order valence-electron chi connectivity index (χ3n) is 3.71. The Morgan fingerprint density at radius 3 is 2.74 bits per heavy atom. The largest absolute Gasteiger partial charge is 0.314 e. The molecular weight excluding hydrogens is 238 g/mol. The number of nitrogens with zero attached hydrogens (tertiary/aromatic N) is 5. The maximum absolute atomic E-state index is 9.21. The van der Waals surface area contributed by atoms with E-state index in [1.165, 1.54) is 0 Å². The fraction of sp³-hybridized carbons (Fsp3) is 0.571. The minimum Gasteiger partial charge on any atom is -0.314 e. The molecule has 0 aromatic carbocycles. The van der Waals surface area contributed by atoms with Gasteiger partial charge in [0, 0.05) is 6.54 Å². The molecule has 1 aliphatic carbocycles. The van der Waals surface area contributed by atoms with Crippen molar-refractivity contribution in [3.8, 4) is 6.07 Å². The second kappa shape index (κ2) is 4.02. The second-order valence-corrected chi connectivity index (χ2v) is 5.75. The Bertz CT molecular complexity index is 673. The SMILES string of the molecule is Cc1nc(C(C)C)c2ncn(CC3(C#N)CC3)c2n1. The Hall–Kier alpha value is -1.96. The maximum atomic E-state index is 9.21. The van der Waals surface area contributed by atoms with E-state index in [0.717, 1.165) is 35.5 Å². The smallest absolute Gasteiger partial charge is 0.163 e. The third-order valence-corrected chi connectivity index (χ3v) is 3.71. The first-order valence-corrected chi connectivity index (χ1v) is 6.65. The minimum atomic E-state index is -0.190. The van der Waals surface area contributed by atoms with Crippen LogP contribution in [0.2, 0.25) is 0 Å². The van der Waals surface area contributed by atoms with Crippen LogP contribution in [0, 0.1) is 23.7 Å². The number of imidazole rings is 1. The molecule has 5 heteroatoms. The molecule has 0 unspecified atom stereocenters. The van der Waals surface area contributed by atoms with Crippen molar-refractivity contribution < 1.29 is 0 Å². The van der Waals surface area contributed by atoms with Gasteiger partial charge in [0.1, 0.15) is 11.3 Å². The van der Waals surface area contributed by atoms with Crippen LogP contribution in [0.4, 0.5) is 0 Å². The summed E-state index contributed by atoms with van der Waals surface area (Å²) < 4.78 is 2.01. The molecular formula is C14H17N5. The highest BCUT2D eigenvalue weighted by molar-refractivity contribution is 5.74. The lowest BCUT2D eigenvalue weighted by Gasteiger charge is -2.09. The van der Waals surface area contributed by atoms with Crippen LogP contribution in [0.25, 0.3) is 11.2 Å². The molecule has 0 aliphatic heterocycles. The minimum absolute atomic E-state index is 0.190. The number of rotatable bonds is 3. The standard InChI is InChI=1S/C14H17N5/c1-9(2)11-12-13(18-10(3)17-11)19(8-16-12)7-14(6-15)4-5-14/h8-9H,4-5,7H2,1-3H3. The summed E-state index contributed by atoms with van der Waals surface area (Å²) in [5.74, 6) is 1.08. The van der Waals surface area contributed by atoms with Crippen LogP contribution in [0.5, 0.6) is 0 Å². The molecule has 5 nitrogen and oxygen atoms in total. The van der Waals surface area contributed by atoms with Crippen LogP contribution >= 0.6 is 0 Å². The Kier molecular flexibility index (Phi) is 2.56. The van der Waals surface area contributed by atoms with E-state index in [2.05, 4.69) is 34.9 Å². The second-order valence-electron chi connectivity index (χ2n) is 5.75. The van der Waals surface area contributed by atoms with Crippen molar-refractivity contribution in [2.24, 2.45) is 5.41 Å². The molecule has 1 aliphatic rings. The van der Waals surface area contributed by atoms with Crippen molar-refractivity contribution in [2.45, 2.75) is 46.1 Å². The Balaban J connectivity index is 2.10. The summed E-state index contributed by atoms with van der Waals surface area (Å²) in [6.07, 6.45) is 3.75. The van der Waals surface area contributed by atoms with Crippen molar-refractivity contribution >= 4 is 11.2 Å². The van der Waals surface area contributed by atoms with E-state index in [1.54, 1.807) is 6.33 Å². The lowest BCUT2D eigenvalue weighted by molar-refractivity contribution is 0.535. The van der Waals surface area contributed by atoms with Crippen LogP contribution in [0.15, 0.2) is 6.33 Å². The molecule has 0 amide bonds. The van der Waals surface area contributed by atoms with Crippen molar-refractivity contribution in [3.63, 3.8) is 0 Å². The molecule has 2 heterocycles. The van der Waals surface area contributed by atoms with Crippen LogP contribution in [-0.2, 0) is 6.54 Å². The summed E-state index contributed by atoms with van der Waals surface area (Å²) in [5, 5.41) is 9.21. The number of hydrogen-bond donors (Lipinski definition) is 0. The highest BCUT2D eigenvalue weighted by atomic mass is 15.1. The van der Waals surface area contributed by atoms with Crippen LogP contribution in [0.1, 0.15) is 44.1 Å². The summed E-state index contributed by atoms with van der Waals surface area (Å²) in [6.45, 7) is 6.81. The first kappa shape index (κ1) is 12.1. The van der Waals surface area contributed by atoms with Gasteiger partial charge in [-0.25, -0.2) is 15.0 Å². The monoisotopic (exact) mass is 255 g/mol. The number of aryl methyl sites for hydroxylation is 1. The van der Waals surface area contributed by atoms with Crippen molar-refractivity contribution in [1.29, 1.82) is 5.26 Å². The number of fused-ring (bicyclic) bond motifs is 1. The van der Waals surface area contributed by atoms with E-state index >= 15 is 0 Å². The van der Waals surface area contributed by atoms with Crippen molar-refractivity contribution in [1.82, 2.24) is 19.5 Å². The van der Waals surface area contributed by atoms with Gasteiger partial charge >= 0.3 is 0 Å². The Morgan fingerprint density at radius 1 is 1.42 bits per heavy atom. The van der Waals surface area contributed by atoms with Crippen molar-refractivity contribution in [3.05, 3.63) is 17.8 Å². The number of hydrogen-bond acceptors (Lipinski definition) is 4. The van der Waals surface area contributed by atoms with E-state index in [1.807, 2.05) is 11.5 Å². The quantitative estimate of drug-likeness (QED) is 0.845. The summed E-state index contributed by atoms with van der Waals surface area (Å²) in [6, 6.07) is 2.42. The van der Waals surface area contributed by atoms with Crippen LogP contribution < -0.4 is 0 Å². The molecule has 0 spiro atoms. The van der Waals surface area contributed by atoms with Gasteiger partial charge in [-0.3, -0.25) is 0 Å². The van der Waals surface area contributed by atoms with Gasteiger partial charge in [0.25, 0.3) is 0 Å². The molecule has 1 fully saturated rings. The predicted octanol–water partition coefficient (Wildman–Crippen LogP) is 2.56. The van der Waals surface area contributed by atoms with Crippen LogP contribution in [0.3, 0.4) is 0 Å². The fourth-order valence-electron chi connectivity index (χ4n) is 2.38. The number of aromatic nitrogens is 4. The highest BCUT2D eigenvalue weighted by Gasteiger charge is 2.43. The van der Waals surface area contributed by atoms with E-state index in [4.69, 9.17) is 0 Å². The predicted molar refractivity (Wildman–Crippen MR) is 71.4 cm³/mol. The average molecular weight is 255 g/mol. The zero-order valence-electron chi connectivity index (χ0n) is 11.5. The van der Waals surface area contributed by atoms with E-state index in [0.29, 0.717) is 12.5 Å². The first-order valence-electron chi connectivity index (χ1n) is 6.65. The molecule has 3 rings (SSSR count). The van der Waals surface area contributed by atoms with Gasteiger partial charge in [-0.05, 0) is 25.7 Å². The molecule has 0 bridgehead atoms. The van der Waals surface area contributed by atoms with Crippen LogP contribution in [-0.4, -0.2) is 19.5 Å². The topological polar surface area (TPSA) is 67.4 Å². The third kappa shape index (κ3) is 1.97. The Morgan fingerprint density at radius 2 is 2.16 bits per heavy atom. The van der Waals surface area contributed by atoms with Gasteiger partial charge < -0.3 is 4.57 Å². The molecule has 0 atom stereocenters. The van der Waals surface area contributed by atoms with E-state index < -0.39 is 0 Å². The highest BCUT2D eigenvalue weighted by Crippen LogP contribution is 2.46. The summed E-state index contributed by atoms with van der Waals surface area (Å²) in [7, 11) is 0. The van der Waals surface area contributed by atoms with E-state index in [9.17, 15) is 5.26 Å². The molecule has 19 heavy (non-hydrogen) atoms. The molecule has 0 saturated heterocycles. The summed E-state index contributed by atoms with van der Waals surface area (Å²) in [5.41, 5.74) is 2.53. The lowest BCUT2D eigenvalue weighted by atomic mass is 10.1. The Labute approximate surface area is 112 Å². The van der Waals surface area contributed by atoms with Crippen molar-refractivity contribution in [2.75, 3.05) is 0 Å². The zero-order chi connectivity index (χ0) is 13.6. The summed E-state index contributed by atoms with van der Waals surface area (Å²) >= 11 is 0. The van der Waals surface area contributed by atoms with Gasteiger partial charge in [0.05, 0.1) is 23.5 Å². The van der Waals surface area contributed by atoms with Gasteiger partial charge in [-0.1, -0.05) is 13.8 Å². The number of nitriles is 1. The van der Waals surface area contributed by atoms with Gasteiger partial charge in [-0.15, -0.1) is 0 Å². The molecule has 1 saturated carbocycles. The molecule has 2 aromatic rings. The summed E-state index contributed by atoms with van der Waals surface area (Å²) in [4.78, 5) is 13.5.